The molecule has 92 valence electrons. The maximum atomic E-state index is 11.3. The van der Waals surface area contributed by atoms with Gasteiger partial charge in [-0.1, -0.05) is 0 Å². The van der Waals surface area contributed by atoms with Crippen molar-refractivity contribution in [2.75, 3.05) is 13.7 Å². The number of hydrogen-bond donors (Lipinski definition) is 0. The first-order valence-electron chi connectivity index (χ1n) is 5.69. The summed E-state index contributed by atoms with van der Waals surface area (Å²) in [4.78, 5) is 11.3. The number of ketones is 1. The number of benzene rings is 1. The van der Waals surface area contributed by atoms with Gasteiger partial charge in [-0.3, -0.25) is 4.79 Å². The Labute approximate surface area is 100 Å². The van der Waals surface area contributed by atoms with E-state index < -0.39 is 6.10 Å². The third-order valence-electron chi connectivity index (χ3n) is 2.75. The molecule has 1 aromatic carbocycles. The third-order valence-corrected chi connectivity index (χ3v) is 2.75. The van der Waals surface area contributed by atoms with Gasteiger partial charge < -0.3 is 14.2 Å². The zero-order valence-corrected chi connectivity index (χ0v) is 10.0. The summed E-state index contributed by atoms with van der Waals surface area (Å²) in [6.07, 6.45) is -0.130. The zero-order valence-electron chi connectivity index (χ0n) is 10.0. The lowest BCUT2D eigenvalue weighted by molar-refractivity contribution is -0.154. The molecule has 0 radical (unpaired) electrons. The van der Waals surface area contributed by atoms with E-state index in [1.54, 1.807) is 7.11 Å². The molecule has 0 aliphatic heterocycles. The summed E-state index contributed by atoms with van der Waals surface area (Å²) in [7, 11) is 1.62. The second-order valence-electron chi connectivity index (χ2n) is 3.88. The van der Waals surface area contributed by atoms with Crippen LogP contribution in [0.5, 0.6) is 11.5 Å². The molecule has 17 heavy (non-hydrogen) atoms. The second kappa shape index (κ2) is 5.19. The van der Waals surface area contributed by atoms with Crippen LogP contribution in [0.1, 0.15) is 13.3 Å². The lowest BCUT2D eigenvalue weighted by Crippen LogP contribution is -2.52. The quantitative estimate of drug-likeness (QED) is 0.782. The maximum Gasteiger partial charge on any atom is 0.169 e. The molecule has 0 N–H and O–H groups in total. The predicted octanol–water partition coefficient (Wildman–Crippen LogP) is 1.82. The van der Waals surface area contributed by atoms with Crippen molar-refractivity contribution in [1.29, 1.82) is 0 Å². The van der Waals surface area contributed by atoms with Crippen LogP contribution in [-0.4, -0.2) is 31.7 Å². The van der Waals surface area contributed by atoms with Crippen LogP contribution >= 0.6 is 0 Å². The molecule has 1 saturated carbocycles. The first kappa shape index (κ1) is 11.9. The van der Waals surface area contributed by atoms with Crippen LogP contribution in [0.4, 0.5) is 0 Å². The number of methoxy groups -OCH3 is 1. The van der Waals surface area contributed by atoms with E-state index in [0.29, 0.717) is 13.0 Å². The number of Topliss-reactive ketones (excluding diaryl/α,β-unsaturated/α-hetero) is 1. The lowest BCUT2D eigenvalue weighted by atomic mass is 9.90. The van der Waals surface area contributed by atoms with Gasteiger partial charge in [0.1, 0.15) is 17.6 Å². The Morgan fingerprint density at radius 3 is 2.41 bits per heavy atom. The summed E-state index contributed by atoms with van der Waals surface area (Å²) in [6.45, 7) is 2.40. The van der Waals surface area contributed by atoms with Crippen LogP contribution in [0.2, 0.25) is 0 Å². The fraction of sp³-hybridized carbons (Fsp3) is 0.462. The number of carbonyl (C=O) groups is 1. The minimum Gasteiger partial charge on any atom is -0.497 e. The highest BCUT2D eigenvalue weighted by Gasteiger charge is 2.42. The molecule has 1 aromatic rings. The zero-order chi connectivity index (χ0) is 12.3. The Kier molecular flexibility index (Phi) is 3.64. The van der Waals surface area contributed by atoms with Gasteiger partial charge in [-0.15, -0.1) is 0 Å². The normalized spacial score (nSPS) is 23.1. The fourth-order valence-corrected chi connectivity index (χ4v) is 1.78. The Balaban J connectivity index is 1.94. The Morgan fingerprint density at radius 1 is 1.24 bits per heavy atom. The van der Waals surface area contributed by atoms with E-state index in [4.69, 9.17) is 14.2 Å². The highest BCUT2D eigenvalue weighted by Crippen LogP contribution is 2.26. The predicted molar refractivity (Wildman–Crippen MR) is 62.4 cm³/mol. The van der Waals surface area contributed by atoms with Crippen LogP contribution < -0.4 is 9.47 Å². The molecule has 2 unspecified atom stereocenters. The molecule has 1 fully saturated rings. The third kappa shape index (κ3) is 2.58. The summed E-state index contributed by atoms with van der Waals surface area (Å²) in [5, 5.41) is 0. The average molecular weight is 236 g/mol. The molecule has 1 aliphatic rings. The summed E-state index contributed by atoms with van der Waals surface area (Å²) in [5.41, 5.74) is 0. The van der Waals surface area contributed by atoms with E-state index in [-0.39, 0.29) is 11.9 Å². The smallest absolute Gasteiger partial charge is 0.169 e. The van der Waals surface area contributed by atoms with Crippen LogP contribution in [0.3, 0.4) is 0 Å². The van der Waals surface area contributed by atoms with E-state index in [1.165, 1.54) is 0 Å². The monoisotopic (exact) mass is 236 g/mol. The van der Waals surface area contributed by atoms with Crippen molar-refractivity contribution in [1.82, 2.24) is 0 Å². The number of ether oxygens (including phenoxy) is 3. The van der Waals surface area contributed by atoms with Gasteiger partial charge in [0.25, 0.3) is 0 Å². The van der Waals surface area contributed by atoms with E-state index in [2.05, 4.69) is 0 Å². The number of rotatable bonds is 5. The van der Waals surface area contributed by atoms with Crippen molar-refractivity contribution in [3.8, 4) is 11.5 Å². The highest BCUT2D eigenvalue weighted by molar-refractivity contribution is 5.90. The molecule has 4 heteroatoms. The second-order valence-corrected chi connectivity index (χ2v) is 3.88. The van der Waals surface area contributed by atoms with Gasteiger partial charge >= 0.3 is 0 Å². The molecule has 0 aromatic heterocycles. The van der Waals surface area contributed by atoms with Gasteiger partial charge in [0.05, 0.1) is 7.11 Å². The lowest BCUT2D eigenvalue weighted by Gasteiger charge is -2.34. The van der Waals surface area contributed by atoms with Gasteiger partial charge in [-0.05, 0) is 31.2 Å². The van der Waals surface area contributed by atoms with Crippen LogP contribution in [0.25, 0.3) is 0 Å². The van der Waals surface area contributed by atoms with E-state index in [1.807, 2.05) is 31.2 Å². The molecular weight excluding hydrogens is 220 g/mol. The molecule has 0 spiro atoms. The molecule has 0 heterocycles. The topological polar surface area (TPSA) is 44.8 Å². The maximum absolute atomic E-state index is 11.3. The first-order chi connectivity index (χ1) is 8.24. The average Bonchev–Trinajstić information content (AvgIpc) is 2.36. The van der Waals surface area contributed by atoms with E-state index in [0.717, 1.165) is 11.5 Å². The van der Waals surface area contributed by atoms with Crippen LogP contribution in [-0.2, 0) is 9.53 Å². The van der Waals surface area contributed by atoms with Gasteiger partial charge in [-0.2, -0.15) is 0 Å². The summed E-state index contributed by atoms with van der Waals surface area (Å²) >= 11 is 0. The van der Waals surface area contributed by atoms with Crippen molar-refractivity contribution in [2.45, 2.75) is 25.6 Å². The summed E-state index contributed by atoms with van der Waals surface area (Å²) in [5.74, 6) is 1.63. The van der Waals surface area contributed by atoms with E-state index >= 15 is 0 Å². The Hall–Kier alpha value is -1.55. The van der Waals surface area contributed by atoms with Crippen molar-refractivity contribution >= 4 is 5.78 Å². The number of hydrogen-bond acceptors (Lipinski definition) is 4. The standard InChI is InChI=1S/C13H16O4/c1-3-16-13-11(14)8-12(13)17-10-6-4-9(15-2)5-7-10/h4-7,12-13H,3,8H2,1-2H3. The number of carbonyl (C=O) groups excluding carboxylic acids is 1. The SMILES string of the molecule is CCOC1C(=O)CC1Oc1ccc(OC)cc1. The first-order valence-corrected chi connectivity index (χ1v) is 5.69. The van der Waals surface area contributed by atoms with Gasteiger partial charge in [-0.25, -0.2) is 0 Å². The Morgan fingerprint density at radius 2 is 1.88 bits per heavy atom. The van der Waals surface area contributed by atoms with Crippen LogP contribution in [0, 0.1) is 0 Å². The Bertz CT molecular complexity index is 385. The molecule has 0 saturated heterocycles. The molecule has 2 rings (SSSR count). The molecule has 4 nitrogen and oxygen atoms in total. The van der Waals surface area contributed by atoms with Gasteiger partial charge in [0.15, 0.2) is 11.9 Å². The van der Waals surface area contributed by atoms with Crippen LogP contribution in [0.15, 0.2) is 24.3 Å². The minimum absolute atomic E-state index is 0.116. The molecule has 0 bridgehead atoms. The molecular formula is C13H16O4. The minimum atomic E-state index is -0.401. The summed E-state index contributed by atoms with van der Waals surface area (Å²) in [6, 6.07) is 7.30. The van der Waals surface area contributed by atoms with Gasteiger partial charge in [0, 0.05) is 13.0 Å². The van der Waals surface area contributed by atoms with Gasteiger partial charge in [0.2, 0.25) is 0 Å². The largest absolute Gasteiger partial charge is 0.497 e. The van der Waals surface area contributed by atoms with Crippen molar-refractivity contribution < 1.29 is 19.0 Å². The van der Waals surface area contributed by atoms with Crippen molar-refractivity contribution in [2.24, 2.45) is 0 Å². The molecule has 1 aliphatic carbocycles. The van der Waals surface area contributed by atoms with Crippen molar-refractivity contribution in [3.63, 3.8) is 0 Å². The summed E-state index contributed by atoms with van der Waals surface area (Å²) < 4.78 is 16.1. The van der Waals surface area contributed by atoms with Crippen molar-refractivity contribution in [3.05, 3.63) is 24.3 Å². The fourth-order valence-electron chi connectivity index (χ4n) is 1.78. The highest BCUT2D eigenvalue weighted by atomic mass is 16.5. The molecule has 2 atom stereocenters. The molecule has 0 amide bonds. The van der Waals surface area contributed by atoms with E-state index in [9.17, 15) is 4.79 Å².